The van der Waals surface area contributed by atoms with E-state index in [1.807, 2.05) is 24.5 Å². The fraction of sp³-hybridized carbons (Fsp3) is 0.222. The Labute approximate surface area is 151 Å². The van der Waals surface area contributed by atoms with E-state index in [-0.39, 0.29) is 5.75 Å². The van der Waals surface area contributed by atoms with E-state index in [9.17, 15) is 5.11 Å². The number of thiocarbonyl (C=S) groups is 1. The van der Waals surface area contributed by atoms with Crippen molar-refractivity contribution < 1.29 is 9.84 Å². The van der Waals surface area contributed by atoms with Crippen molar-refractivity contribution in [3.63, 3.8) is 0 Å². The fourth-order valence-electron chi connectivity index (χ4n) is 2.57. The molecule has 0 atom stereocenters. The minimum atomic E-state index is 0.0967. The highest BCUT2D eigenvalue weighted by atomic mass is 32.1. The molecule has 1 aromatic heterocycles. The number of aromatic hydroxyl groups is 1. The zero-order valence-electron chi connectivity index (χ0n) is 13.9. The molecule has 0 amide bonds. The third-order valence-corrected chi connectivity index (χ3v) is 4.07. The normalized spacial score (nSPS) is 10.6. The Bertz CT molecular complexity index is 878. The van der Waals surface area contributed by atoms with Crippen LogP contribution in [0.5, 0.6) is 11.5 Å². The number of ether oxygens (including phenoxy) is 1. The molecule has 0 spiro atoms. The Morgan fingerprint density at radius 1 is 1.28 bits per heavy atom. The molecule has 7 heteroatoms. The monoisotopic (exact) mass is 356 g/mol. The number of fused-ring (bicyclic) bond motifs is 1. The molecule has 0 aliphatic rings. The maximum atomic E-state index is 9.60. The van der Waals surface area contributed by atoms with Gasteiger partial charge in [0, 0.05) is 24.8 Å². The van der Waals surface area contributed by atoms with E-state index in [0.29, 0.717) is 10.9 Å². The molecular weight excluding hydrogens is 336 g/mol. The summed E-state index contributed by atoms with van der Waals surface area (Å²) >= 11 is 5.29. The van der Waals surface area contributed by atoms with Gasteiger partial charge in [0.05, 0.1) is 24.5 Å². The van der Waals surface area contributed by atoms with E-state index in [1.54, 1.807) is 18.2 Å². The molecule has 0 saturated heterocycles. The highest BCUT2D eigenvalue weighted by Crippen LogP contribution is 2.28. The quantitative estimate of drug-likeness (QED) is 0.358. The molecular formula is C18H20N4O2S. The van der Waals surface area contributed by atoms with Crippen molar-refractivity contribution in [1.82, 2.24) is 14.9 Å². The summed E-state index contributed by atoms with van der Waals surface area (Å²) in [5.41, 5.74) is 2.90. The Morgan fingerprint density at radius 2 is 2.12 bits per heavy atom. The van der Waals surface area contributed by atoms with Crippen LogP contribution in [0.2, 0.25) is 0 Å². The number of phenols is 1. The molecule has 2 aromatic carbocycles. The van der Waals surface area contributed by atoms with Crippen LogP contribution in [0, 0.1) is 0 Å². The van der Waals surface area contributed by atoms with E-state index in [1.165, 1.54) is 7.11 Å². The lowest BCUT2D eigenvalue weighted by Gasteiger charge is -2.12. The van der Waals surface area contributed by atoms with Crippen molar-refractivity contribution in [3.05, 3.63) is 48.8 Å². The standard InChI is InChI=1S/C18H20N4O2S/c1-24-17-11-13(7-8-16(17)23)21-18(25)19-9-4-10-22-12-20-14-5-2-3-6-15(14)22/h2-3,5-8,11-12,23H,4,9-10H2,1H3,(H2,19,21,25). The van der Waals surface area contributed by atoms with Crippen LogP contribution in [-0.4, -0.2) is 33.4 Å². The predicted octanol–water partition coefficient (Wildman–Crippen LogP) is 3.13. The van der Waals surface area contributed by atoms with E-state index < -0.39 is 0 Å². The third kappa shape index (κ3) is 4.19. The van der Waals surface area contributed by atoms with Crippen molar-refractivity contribution in [2.24, 2.45) is 0 Å². The van der Waals surface area contributed by atoms with E-state index >= 15 is 0 Å². The van der Waals surface area contributed by atoms with Crippen molar-refractivity contribution in [1.29, 1.82) is 0 Å². The van der Waals surface area contributed by atoms with Crippen LogP contribution < -0.4 is 15.4 Å². The van der Waals surface area contributed by atoms with Gasteiger partial charge in [0.1, 0.15) is 0 Å². The van der Waals surface area contributed by atoms with Gasteiger partial charge in [-0.3, -0.25) is 0 Å². The average Bonchev–Trinajstić information content (AvgIpc) is 3.03. The first-order valence-electron chi connectivity index (χ1n) is 7.99. The van der Waals surface area contributed by atoms with Crippen molar-refractivity contribution >= 4 is 34.1 Å². The maximum Gasteiger partial charge on any atom is 0.170 e. The summed E-state index contributed by atoms with van der Waals surface area (Å²) in [6, 6.07) is 13.1. The van der Waals surface area contributed by atoms with Gasteiger partial charge in [0.25, 0.3) is 0 Å². The number of methoxy groups -OCH3 is 1. The van der Waals surface area contributed by atoms with Gasteiger partial charge in [-0.1, -0.05) is 12.1 Å². The van der Waals surface area contributed by atoms with Gasteiger partial charge in [0.15, 0.2) is 16.6 Å². The van der Waals surface area contributed by atoms with Crippen LogP contribution in [0.25, 0.3) is 11.0 Å². The molecule has 25 heavy (non-hydrogen) atoms. The predicted molar refractivity (Wildman–Crippen MR) is 103 cm³/mol. The SMILES string of the molecule is COc1cc(NC(=S)NCCCn2cnc3ccccc32)ccc1O. The van der Waals surface area contributed by atoms with Crippen molar-refractivity contribution in [3.8, 4) is 11.5 Å². The lowest BCUT2D eigenvalue weighted by atomic mass is 10.3. The number of nitrogens with one attached hydrogen (secondary N) is 2. The van der Waals surface area contributed by atoms with E-state index in [0.717, 1.165) is 36.2 Å². The van der Waals surface area contributed by atoms with E-state index in [4.69, 9.17) is 17.0 Å². The summed E-state index contributed by atoms with van der Waals surface area (Å²) in [6.45, 7) is 1.61. The number of anilines is 1. The zero-order valence-corrected chi connectivity index (χ0v) is 14.7. The molecule has 130 valence electrons. The minimum absolute atomic E-state index is 0.0967. The third-order valence-electron chi connectivity index (χ3n) is 3.83. The van der Waals surface area contributed by atoms with Crippen LogP contribution in [0.15, 0.2) is 48.8 Å². The van der Waals surface area contributed by atoms with Gasteiger partial charge < -0.3 is 25.0 Å². The Hall–Kier alpha value is -2.80. The van der Waals surface area contributed by atoms with Gasteiger partial charge in [-0.05, 0) is 42.9 Å². The second kappa shape index (κ2) is 7.85. The highest BCUT2D eigenvalue weighted by Gasteiger charge is 2.04. The summed E-state index contributed by atoms with van der Waals surface area (Å²) < 4.78 is 7.22. The van der Waals surface area contributed by atoms with Crippen LogP contribution in [-0.2, 0) is 6.54 Å². The molecule has 0 aliphatic carbocycles. The number of nitrogens with zero attached hydrogens (tertiary/aromatic N) is 2. The molecule has 0 unspecified atom stereocenters. The molecule has 1 heterocycles. The number of imidazole rings is 1. The van der Waals surface area contributed by atoms with Crippen LogP contribution >= 0.6 is 12.2 Å². The molecule has 3 aromatic rings. The summed E-state index contributed by atoms with van der Waals surface area (Å²) in [5.74, 6) is 0.499. The van der Waals surface area contributed by atoms with Crippen molar-refractivity contribution in [2.75, 3.05) is 19.0 Å². The lowest BCUT2D eigenvalue weighted by Crippen LogP contribution is -2.29. The number of aryl methyl sites for hydroxylation is 1. The first kappa shape index (κ1) is 17.0. The van der Waals surface area contributed by atoms with Gasteiger partial charge in [-0.25, -0.2) is 4.98 Å². The van der Waals surface area contributed by atoms with Gasteiger partial charge >= 0.3 is 0 Å². The highest BCUT2D eigenvalue weighted by molar-refractivity contribution is 7.80. The average molecular weight is 356 g/mol. The summed E-state index contributed by atoms with van der Waals surface area (Å²) in [4.78, 5) is 4.38. The number of hydrogen-bond donors (Lipinski definition) is 3. The second-order valence-corrected chi connectivity index (χ2v) is 5.96. The fourth-order valence-corrected chi connectivity index (χ4v) is 2.79. The Morgan fingerprint density at radius 3 is 2.96 bits per heavy atom. The molecule has 3 N–H and O–H groups in total. The lowest BCUT2D eigenvalue weighted by molar-refractivity contribution is 0.374. The number of para-hydroxylation sites is 2. The molecule has 0 fully saturated rings. The Kier molecular flexibility index (Phi) is 5.35. The molecule has 6 nitrogen and oxygen atoms in total. The molecule has 0 saturated carbocycles. The van der Waals surface area contributed by atoms with E-state index in [2.05, 4.69) is 26.3 Å². The maximum absolute atomic E-state index is 9.60. The summed E-state index contributed by atoms with van der Waals surface area (Å²) in [5, 5.41) is 16.4. The topological polar surface area (TPSA) is 71.3 Å². The van der Waals surface area contributed by atoms with Gasteiger partial charge in [-0.2, -0.15) is 0 Å². The second-order valence-electron chi connectivity index (χ2n) is 5.55. The summed E-state index contributed by atoms with van der Waals surface area (Å²) in [6.07, 6.45) is 2.78. The number of benzene rings is 2. The minimum Gasteiger partial charge on any atom is -0.504 e. The Balaban J connectivity index is 1.46. The molecule has 3 rings (SSSR count). The number of aromatic nitrogens is 2. The number of rotatable bonds is 6. The van der Waals surface area contributed by atoms with Crippen LogP contribution in [0.1, 0.15) is 6.42 Å². The molecule has 0 radical (unpaired) electrons. The first-order chi connectivity index (χ1) is 12.2. The zero-order chi connectivity index (χ0) is 17.6. The number of hydrogen-bond acceptors (Lipinski definition) is 4. The largest absolute Gasteiger partial charge is 0.504 e. The molecule has 0 aliphatic heterocycles. The van der Waals surface area contributed by atoms with Crippen LogP contribution in [0.4, 0.5) is 5.69 Å². The van der Waals surface area contributed by atoms with Crippen molar-refractivity contribution in [2.45, 2.75) is 13.0 Å². The number of phenolic OH excluding ortho intramolecular Hbond substituents is 1. The molecule has 0 bridgehead atoms. The smallest absolute Gasteiger partial charge is 0.170 e. The van der Waals surface area contributed by atoms with Crippen LogP contribution in [0.3, 0.4) is 0 Å². The summed E-state index contributed by atoms with van der Waals surface area (Å²) in [7, 11) is 1.51. The van der Waals surface area contributed by atoms with Gasteiger partial charge in [0.2, 0.25) is 0 Å². The van der Waals surface area contributed by atoms with Gasteiger partial charge in [-0.15, -0.1) is 0 Å². The first-order valence-corrected chi connectivity index (χ1v) is 8.40.